The van der Waals surface area contributed by atoms with Crippen LogP contribution in [0.1, 0.15) is 0 Å². The standard InChI is InChI=1S/C18H21N3O3/c1-21(2)14-7-8-16-18(13-14)24-12-10-22-9-11-23-17-6-4-3-5-15(17)19-20-16/h3-8,13H,9-12H2,1-2H3. The number of nitrogens with zero attached hydrogens (tertiary/aromatic N) is 3. The summed E-state index contributed by atoms with van der Waals surface area (Å²) in [5, 5.41) is 8.69. The van der Waals surface area contributed by atoms with Crippen LogP contribution in [-0.2, 0) is 4.74 Å². The van der Waals surface area contributed by atoms with Crippen LogP contribution in [0.2, 0.25) is 0 Å². The Bertz CT molecular complexity index is 716. The Kier molecular flexibility index (Phi) is 5.28. The van der Waals surface area contributed by atoms with Crippen molar-refractivity contribution in [1.82, 2.24) is 0 Å². The van der Waals surface area contributed by atoms with Crippen LogP contribution >= 0.6 is 0 Å². The first-order chi connectivity index (χ1) is 11.7. The van der Waals surface area contributed by atoms with Crippen molar-refractivity contribution in [3.63, 3.8) is 0 Å². The summed E-state index contributed by atoms with van der Waals surface area (Å²) in [6.07, 6.45) is 0. The van der Waals surface area contributed by atoms with Gasteiger partial charge in [-0.25, -0.2) is 0 Å². The fourth-order valence-corrected chi connectivity index (χ4v) is 2.27. The minimum atomic E-state index is 0.451. The molecule has 0 aliphatic carbocycles. The van der Waals surface area contributed by atoms with Gasteiger partial charge >= 0.3 is 0 Å². The molecule has 6 nitrogen and oxygen atoms in total. The highest BCUT2D eigenvalue weighted by Gasteiger charge is 2.09. The predicted octanol–water partition coefficient (Wildman–Crippen LogP) is 3.96. The summed E-state index contributed by atoms with van der Waals surface area (Å²) in [6, 6.07) is 13.4. The van der Waals surface area contributed by atoms with Gasteiger partial charge < -0.3 is 19.1 Å². The van der Waals surface area contributed by atoms with Gasteiger partial charge in [0.15, 0.2) is 0 Å². The number of hydrogen-bond donors (Lipinski definition) is 0. The Morgan fingerprint density at radius 1 is 0.792 bits per heavy atom. The molecule has 0 N–H and O–H groups in total. The molecule has 2 aromatic carbocycles. The lowest BCUT2D eigenvalue weighted by Gasteiger charge is -2.15. The third kappa shape index (κ3) is 4.02. The maximum Gasteiger partial charge on any atom is 0.148 e. The summed E-state index contributed by atoms with van der Waals surface area (Å²) in [5.41, 5.74) is 2.40. The van der Waals surface area contributed by atoms with Gasteiger partial charge in [0.1, 0.15) is 36.1 Å². The minimum Gasteiger partial charge on any atom is -0.489 e. The summed E-state index contributed by atoms with van der Waals surface area (Å²) < 4.78 is 17.1. The second-order valence-corrected chi connectivity index (χ2v) is 5.52. The van der Waals surface area contributed by atoms with Gasteiger partial charge in [0, 0.05) is 25.8 Å². The van der Waals surface area contributed by atoms with E-state index in [0.29, 0.717) is 49.3 Å². The van der Waals surface area contributed by atoms with E-state index in [4.69, 9.17) is 14.2 Å². The number of anilines is 1. The summed E-state index contributed by atoms with van der Waals surface area (Å²) in [5.74, 6) is 1.38. The molecule has 0 atom stereocenters. The minimum absolute atomic E-state index is 0.451. The van der Waals surface area contributed by atoms with Gasteiger partial charge in [0.05, 0.1) is 13.2 Å². The molecule has 1 aliphatic heterocycles. The Morgan fingerprint density at radius 3 is 2.21 bits per heavy atom. The van der Waals surface area contributed by atoms with Crippen LogP contribution in [0.25, 0.3) is 0 Å². The molecule has 2 aromatic rings. The topological polar surface area (TPSA) is 55.7 Å². The fraction of sp³-hybridized carbons (Fsp3) is 0.333. The zero-order valence-electron chi connectivity index (χ0n) is 13.9. The molecule has 0 radical (unpaired) electrons. The molecule has 24 heavy (non-hydrogen) atoms. The third-order valence-electron chi connectivity index (χ3n) is 3.56. The zero-order chi connectivity index (χ0) is 16.8. The van der Waals surface area contributed by atoms with Crippen molar-refractivity contribution in [2.75, 3.05) is 45.4 Å². The van der Waals surface area contributed by atoms with Gasteiger partial charge in [0.25, 0.3) is 0 Å². The van der Waals surface area contributed by atoms with E-state index in [0.717, 1.165) is 5.69 Å². The highest BCUT2D eigenvalue weighted by Crippen LogP contribution is 2.35. The van der Waals surface area contributed by atoms with Crippen LogP contribution in [0.3, 0.4) is 0 Å². The second-order valence-electron chi connectivity index (χ2n) is 5.52. The molecule has 1 aliphatic rings. The largest absolute Gasteiger partial charge is 0.489 e. The lowest BCUT2D eigenvalue weighted by atomic mass is 10.2. The molecule has 3 rings (SSSR count). The molecule has 0 aromatic heterocycles. The summed E-state index contributed by atoms with van der Waals surface area (Å²) in [4.78, 5) is 2.02. The zero-order valence-corrected chi connectivity index (χ0v) is 13.9. The monoisotopic (exact) mass is 327 g/mol. The maximum absolute atomic E-state index is 5.83. The Hall–Kier alpha value is -2.60. The summed E-state index contributed by atoms with van der Waals surface area (Å²) in [6.45, 7) is 1.91. The van der Waals surface area contributed by atoms with E-state index in [9.17, 15) is 0 Å². The van der Waals surface area contributed by atoms with Crippen molar-refractivity contribution >= 4 is 17.1 Å². The predicted molar refractivity (Wildman–Crippen MR) is 93.2 cm³/mol. The number of fused-ring (bicyclic) bond motifs is 2. The van der Waals surface area contributed by atoms with Crippen molar-refractivity contribution in [2.24, 2.45) is 10.2 Å². The van der Waals surface area contributed by atoms with Crippen molar-refractivity contribution < 1.29 is 14.2 Å². The smallest absolute Gasteiger partial charge is 0.148 e. The first kappa shape index (κ1) is 16.3. The maximum atomic E-state index is 5.83. The number of azo groups is 1. The quantitative estimate of drug-likeness (QED) is 0.795. The van der Waals surface area contributed by atoms with Crippen LogP contribution in [-0.4, -0.2) is 40.5 Å². The molecule has 0 unspecified atom stereocenters. The molecule has 0 bridgehead atoms. The molecule has 1 heterocycles. The molecule has 0 fully saturated rings. The normalized spacial score (nSPS) is 14.8. The molecule has 126 valence electrons. The highest BCUT2D eigenvalue weighted by atomic mass is 16.5. The first-order valence-corrected chi connectivity index (χ1v) is 7.89. The molecular formula is C18H21N3O3. The van der Waals surface area contributed by atoms with Crippen molar-refractivity contribution in [2.45, 2.75) is 0 Å². The number of hydrogen-bond acceptors (Lipinski definition) is 6. The number of para-hydroxylation sites is 1. The average Bonchev–Trinajstić information content (AvgIpc) is 2.61. The van der Waals surface area contributed by atoms with E-state index in [1.54, 1.807) is 0 Å². The Morgan fingerprint density at radius 2 is 1.46 bits per heavy atom. The lowest BCUT2D eigenvalue weighted by Crippen LogP contribution is -2.12. The number of benzene rings is 2. The Labute approximate surface area is 141 Å². The highest BCUT2D eigenvalue weighted by molar-refractivity contribution is 5.62. The first-order valence-electron chi connectivity index (χ1n) is 7.89. The molecule has 0 saturated heterocycles. The summed E-state index contributed by atoms with van der Waals surface area (Å²) >= 11 is 0. The van der Waals surface area contributed by atoms with E-state index in [1.807, 2.05) is 61.5 Å². The second kappa shape index (κ2) is 7.79. The average molecular weight is 327 g/mol. The van der Waals surface area contributed by atoms with E-state index >= 15 is 0 Å². The lowest BCUT2D eigenvalue weighted by molar-refractivity contribution is 0.0768. The van der Waals surface area contributed by atoms with Crippen molar-refractivity contribution in [3.05, 3.63) is 42.5 Å². The van der Waals surface area contributed by atoms with Crippen LogP contribution in [0.4, 0.5) is 17.1 Å². The van der Waals surface area contributed by atoms with E-state index in [2.05, 4.69) is 10.2 Å². The van der Waals surface area contributed by atoms with Gasteiger partial charge in [0.2, 0.25) is 0 Å². The van der Waals surface area contributed by atoms with Gasteiger partial charge in [-0.2, -0.15) is 0 Å². The molecule has 0 spiro atoms. The van der Waals surface area contributed by atoms with Crippen LogP contribution in [0.15, 0.2) is 52.7 Å². The van der Waals surface area contributed by atoms with Crippen LogP contribution < -0.4 is 14.4 Å². The van der Waals surface area contributed by atoms with Crippen molar-refractivity contribution in [1.29, 1.82) is 0 Å². The van der Waals surface area contributed by atoms with Crippen molar-refractivity contribution in [3.8, 4) is 11.5 Å². The molecule has 0 saturated carbocycles. The van der Waals surface area contributed by atoms with E-state index in [1.165, 1.54) is 0 Å². The van der Waals surface area contributed by atoms with Crippen LogP contribution in [0, 0.1) is 0 Å². The van der Waals surface area contributed by atoms with E-state index < -0.39 is 0 Å². The van der Waals surface area contributed by atoms with Gasteiger partial charge in [-0.15, -0.1) is 10.2 Å². The molecular weight excluding hydrogens is 306 g/mol. The summed E-state index contributed by atoms with van der Waals surface area (Å²) in [7, 11) is 3.97. The molecule has 0 amide bonds. The van der Waals surface area contributed by atoms with Gasteiger partial charge in [-0.3, -0.25) is 0 Å². The fourth-order valence-electron chi connectivity index (χ4n) is 2.27. The van der Waals surface area contributed by atoms with E-state index in [-0.39, 0.29) is 0 Å². The number of rotatable bonds is 1. The van der Waals surface area contributed by atoms with Crippen LogP contribution in [0.5, 0.6) is 11.5 Å². The van der Waals surface area contributed by atoms with Gasteiger partial charge in [-0.05, 0) is 24.3 Å². The van der Waals surface area contributed by atoms with Gasteiger partial charge in [-0.1, -0.05) is 12.1 Å². The third-order valence-corrected chi connectivity index (χ3v) is 3.56. The Balaban J connectivity index is 1.96. The number of ether oxygens (including phenoxy) is 3. The SMILES string of the molecule is CN(C)c1ccc2c(c1)OCCOCCOc1ccccc1N=N2. The molecule has 6 heteroatoms.